The van der Waals surface area contributed by atoms with Crippen molar-refractivity contribution in [3.63, 3.8) is 0 Å². The van der Waals surface area contributed by atoms with Crippen molar-refractivity contribution in [2.75, 3.05) is 65.5 Å². The smallest absolute Gasteiger partial charge is 0.251 e. The predicted molar refractivity (Wildman–Crippen MR) is 136 cm³/mol. The molecule has 1 aliphatic heterocycles. The normalized spacial score (nSPS) is 14.3. The van der Waals surface area contributed by atoms with Gasteiger partial charge in [0.15, 0.2) is 16.6 Å². The Balaban J connectivity index is 1.30. The van der Waals surface area contributed by atoms with Crippen LogP contribution in [0.4, 0.5) is 5.13 Å². The monoisotopic (exact) mass is 484 g/mol. The van der Waals surface area contributed by atoms with E-state index < -0.39 is 0 Å². The summed E-state index contributed by atoms with van der Waals surface area (Å²) in [5.74, 6) is 1.22. The Bertz CT molecular complexity index is 1110. The van der Waals surface area contributed by atoms with E-state index in [0.29, 0.717) is 29.4 Å². The van der Waals surface area contributed by atoms with Crippen LogP contribution >= 0.6 is 11.3 Å². The van der Waals surface area contributed by atoms with Gasteiger partial charge in [-0.3, -0.25) is 9.69 Å². The summed E-state index contributed by atoms with van der Waals surface area (Å²) in [6.07, 6.45) is 0. The zero-order valence-electron chi connectivity index (χ0n) is 20.4. The average Bonchev–Trinajstić information content (AvgIpc) is 3.32. The quantitative estimate of drug-likeness (QED) is 0.525. The zero-order valence-corrected chi connectivity index (χ0v) is 21.3. The van der Waals surface area contributed by atoms with Gasteiger partial charge < -0.3 is 24.4 Å². The molecule has 1 saturated heterocycles. The number of thiazole rings is 1. The number of carbonyl (C=O) groups excluding carboxylic acids is 1. The van der Waals surface area contributed by atoms with Crippen LogP contribution in [0, 0.1) is 13.8 Å². The maximum absolute atomic E-state index is 12.7. The molecule has 0 saturated carbocycles. The molecule has 0 spiro atoms. The van der Waals surface area contributed by atoms with Crippen molar-refractivity contribution < 1.29 is 19.0 Å². The molecule has 3 aromatic rings. The molecule has 1 N–H and O–H groups in total. The first kappa shape index (κ1) is 24.1. The first-order chi connectivity index (χ1) is 16.4. The molecule has 0 aliphatic carbocycles. The van der Waals surface area contributed by atoms with E-state index in [9.17, 15) is 4.79 Å². The molecule has 34 heavy (non-hydrogen) atoms. The summed E-state index contributed by atoms with van der Waals surface area (Å²) in [5, 5.41) is 4.10. The number of piperazine rings is 1. The molecule has 0 bridgehead atoms. The summed E-state index contributed by atoms with van der Waals surface area (Å²) in [6.45, 7) is 9.36. The van der Waals surface area contributed by atoms with E-state index in [1.165, 1.54) is 30.0 Å². The Morgan fingerprint density at radius 1 is 1.00 bits per heavy atom. The molecule has 9 heteroatoms. The van der Waals surface area contributed by atoms with E-state index in [0.717, 1.165) is 43.4 Å². The Hall–Kier alpha value is -3.04. The summed E-state index contributed by atoms with van der Waals surface area (Å²) in [7, 11) is 4.61. The maximum Gasteiger partial charge on any atom is 0.251 e. The first-order valence-electron chi connectivity index (χ1n) is 11.4. The average molecular weight is 485 g/mol. The van der Waals surface area contributed by atoms with Gasteiger partial charge in [-0.05, 0) is 37.1 Å². The van der Waals surface area contributed by atoms with Crippen molar-refractivity contribution in [3.05, 3.63) is 41.0 Å². The largest absolute Gasteiger partial charge is 0.493 e. The number of carbonyl (C=O) groups is 1. The number of anilines is 1. The molecule has 0 radical (unpaired) electrons. The van der Waals surface area contributed by atoms with Gasteiger partial charge in [0.25, 0.3) is 5.91 Å². The highest BCUT2D eigenvalue weighted by atomic mass is 32.1. The summed E-state index contributed by atoms with van der Waals surface area (Å²) in [4.78, 5) is 22.4. The Morgan fingerprint density at radius 3 is 2.24 bits per heavy atom. The summed E-state index contributed by atoms with van der Waals surface area (Å²) in [5.41, 5.74) is 4.10. The molecule has 0 unspecified atom stereocenters. The van der Waals surface area contributed by atoms with E-state index in [1.54, 1.807) is 30.6 Å². The van der Waals surface area contributed by atoms with Crippen molar-refractivity contribution in [1.29, 1.82) is 0 Å². The fourth-order valence-corrected chi connectivity index (χ4v) is 5.35. The standard InChI is InChI=1S/C25H32N4O4S/c1-16-6-7-17(2)23-21(16)27-25(34-23)29-12-10-28(11-13-29)9-8-26-24(30)18-14-19(31-3)22(33-5)20(15-18)32-4/h6-7,14-15H,8-13H2,1-5H3,(H,26,30). The van der Waals surface area contributed by atoms with Gasteiger partial charge in [-0.25, -0.2) is 4.98 Å². The fraction of sp³-hybridized carbons (Fsp3) is 0.440. The number of nitrogens with zero attached hydrogens (tertiary/aromatic N) is 3. The first-order valence-corrected chi connectivity index (χ1v) is 12.2. The number of hydrogen-bond acceptors (Lipinski definition) is 8. The molecule has 2 heterocycles. The van der Waals surface area contributed by atoms with Gasteiger partial charge in [0.05, 0.1) is 31.5 Å². The van der Waals surface area contributed by atoms with Gasteiger partial charge in [0.1, 0.15) is 0 Å². The highest BCUT2D eigenvalue weighted by Gasteiger charge is 2.21. The van der Waals surface area contributed by atoms with Crippen LogP contribution in [0.2, 0.25) is 0 Å². The van der Waals surface area contributed by atoms with Crippen LogP contribution < -0.4 is 24.4 Å². The molecule has 1 fully saturated rings. The summed E-state index contributed by atoms with van der Waals surface area (Å²) in [6, 6.07) is 7.64. The second kappa shape index (κ2) is 10.5. The van der Waals surface area contributed by atoms with Crippen LogP contribution in [-0.4, -0.2) is 76.4 Å². The zero-order chi connectivity index (χ0) is 24.2. The van der Waals surface area contributed by atoms with E-state index in [4.69, 9.17) is 19.2 Å². The maximum atomic E-state index is 12.7. The third kappa shape index (κ3) is 4.90. The third-order valence-corrected chi connectivity index (χ3v) is 7.47. The molecular weight excluding hydrogens is 452 g/mol. The van der Waals surface area contributed by atoms with Crippen LogP contribution in [0.1, 0.15) is 21.5 Å². The minimum absolute atomic E-state index is 0.168. The van der Waals surface area contributed by atoms with E-state index in [-0.39, 0.29) is 5.91 Å². The van der Waals surface area contributed by atoms with Crippen LogP contribution in [0.15, 0.2) is 24.3 Å². The SMILES string of the molecule is COc1cc(C(=O)NCCN2CCN(c3nc4c(C)ccc(C)c4s3)CC2)cc(OC)c1OC. The van der Waals surface area contributed by atoms with Crippen LogP contribution in [0.5, 0.6) is 17.2 Å². The third-order valence-electron chi connectivity index (χ3n) is 6.21. The van der Waals surface area contributed by atoms with Gasteiger partial charge in [0, 0.05) is 44.8 Å². The van der Waals surface area contributed by atoms with Crippen molar-refractivity contribution >= 4 is 32.6 Å². The molecule has 1 amide bonds. The molecule has 0 atom stereocenters. The Labute approximate surface area is 204 Å². The number of hydrogen-bond donors (Lipinski definition) is 1. The molecule has 1 aliphatic rings. The van der Waals surface area contributed by atoms with Crippen molar-refractivity contribution in [2.45, 2.75) is 13.8 Å². The number of benzene rings is 2. The van der Waals surface area contributed by atoms with Crippen molar-refractivity contribution in [3.8, 4) is 17.2 Å². The number of ether oxygens (including phenoxy) is 3. The number of nitrogens with one attached hydrogen (secondary N) is 1. The number of aromatic nitrogens is 1. The lowest BCUT2D eigenvalue weighted by Gasteiger charge is -2.34. The Morgan fingerprint density at radius 2 is 1.65 bits per heavy atom. The predicted octanol–water partition coefficient (Wildman–Crippen LogP) is 3.49. The van der Waals surface area contributed by atoms with E-state index >= 15 is 0 Å². The molecule has 2 aromatic carbocycles. The van der Waals surface area contributed by atoms with Crippen molar-refractivity contribution in [2.24, 2.45) is 0 Å². The van der Waals surface area contributed by atoms with E-state index in [1.807, 2.05) is 0 Å². The van der Waals surface area contributed by atoms with Crippen LogP contribution in [0.3, 0.4) is 0 Å². The lowest BCUT2D eigenvalue weighted by atomic mass is 10.1. The number of methoxy groups -OCH3 is 3. The molecule has 182 valence electrons. The molecule has 4 rings (SSSR count). The number of rotatable bonds is 8. The Kier molecular flexibility index (Phi) is 7.43. The molecule has 1 aromatic heterocycles. The van der Waals surface area contributed by atoms with E-state index in [2.05, 4.69) is 41.1 Å². The summed E-state index contributed by atoms with van der Waals surface area (Å²) >= 11 is 1.78. The summed E-state index contributed by atoms with van der Waals surface area (Å²) < 4.78 is 17.3. The van der Waals surface area contributed by atoms with Crippen LogP contribution in [0.25, 0.3) is 10.2 Å². The fourth-order valence-electron chi connectivity index (χ4n) is 4.19. The molecular formula is C25H32N4O4S. The van der Waals surface area contributed by atoms with Gasteiger partial charge in [0.2, 0.25) is 5.75 Å². The highest BCUT2D eigenvalue weighted by Crippen LogP contribution is 2.38. The van der Waals surface area contributed by atoms with Crippen LogP contribution in [-0.2, 0) is 0 Å². The van der Waals surface area contributed by atoms with Crippen molar-refractivity contribution in [1.82, 2.24) is 15.2 Å². The highest BCUT2D eigenvalue weighted by molar-refractivity contribution is 7.22. The number of aryl methyl sites for hydroxylation is 2. The van der Waals surface area contributed by atoms with Gasteiger partial charge in [-0.15, -0.1) is 0 Å². The van der Waals surface area contributed by atoms with Gasteiger partial charge >= 0.3 is 0 Å². The lowest BCUT2D eigenvalue weighted by Crippen LogP contribution is -2.48. The topological polar surface area (TPSA) is 76.2 Å². The minimum atomic E-state index is -0.168. The lowest BCUT2D eigenvalue weighted by molar-refractivity contribution is 0.0947. The minimum Gasteiger partial charge on any atom is -0.493 e. The van der Waals surface area contributed by atoms with Gasteiger partial charge in [-0.1, -0.05) is 23.5 Å². The number of amides is 1. The second-order valence-electron chi connectivity index (χ2n) is 8.37. The second-order valence-corrected chi connectivity index (χ2v) is 9.35. The molecule has 8 nitrogen and oxygen atoms in total. The van der Waals surface area contributed by atoms with Gasteiger partial charge in [-0.2, -0.15) is 0 Å². The number of fused-ring (bicyclic) bond motifs is 1.